The van der Waals surface area contributed by atoms with Crippen molar-refractivity contribution in [2.24, 2.45) is 0 Å². The van der Waals surface area contributed by atoms with Gasteiger partial charge in [-0.15, -0.1) is 0 Å². The van der Waals surface area contributed by atoms with Crippen LogP contribution in [0, 0.1) is 0 Å². The van der Waals surface area contributed by atoms with Crippen molar-refractivity contribution in [2.45, 2.75) is 59.3 Å². The van der Waals surface area contributed by atoms with Gasteiger partial charge in [0.2, 0.25) is 0 Å². The standard InChI is InChI=1S/C26H30O/c1-16(2)20-12-13-21-24(14-20)22(17(3)4)15-23(18(5)6)25(21)26(27)19-10-8-7-9-11-19/h7-18H,1-6H3. The van der Waals surface area contributed by atoms with Gasteiger partial charge in [-0.25, -0.2) is 0 Å². The highest BCUT2D eigenvalue weighted by atomic mass is 16.1. The summed E-state index contributed by atoms with van der Waals surface area (Å²) in [5, 5.41) is 2.31. The lowest BCUT2D eigenvalue weighted by molar-refractivity contribution is 0.103. The number of fused-ring (bicyclic) bond motifs is 1. The summed E-state index contributed by atoms with van der Waals surface area (Å²) in [5.74, 6) is 1.29. The molecule has 0 bridgehead atoms. The van der Waals surface area contributed by atoms with Crippen LogP contribution < -0.4 is 0 Å². The van der Waals surface area contributed by atoms with Crippen LogP contribution in [0.1, 0.15) is 91.9 Å². The number of rotatable bonds is 5. The van der Waals surface area contributed by atoms with Crippen molar-refractivity contribution in [3.05, 3.63) is 82.4 Å². The van der Waals surface area contributed by atoms with E-state index in [0.717, 1.165) is 22.1 Å². The van der Waals surface area contributed by atoms with Gasteiger partial charge >= 0.3 is 0 Å². The third-order valence-corrected chi connectivity index (χ3v) is 5.40. The van der Waals surface area contributed by atoms with Gasteiger partial charge in [-0.1, -0.05) is 96.1 Å². The van der Waals surface area contributed by atoms with E-state index >= 15 is 0 Å². The summed E-state index contributed by atoms with van der Waals surface area (Å²) >= 11 is 0. The van der Waals surface area contributed by atoms with Crippen molar-refractivity contribution in [1.29, 1.82) is 0 Å². The first-order chi connectivity index (χ1) is 12.8. The Labute approximate surface area is 163 Å². The number of benzene rings is 3. The number of carbonyl (C=O) groups excluding carboxylic acids is 1. The average Bonchev–Trinajstić information content (AvgIpc) is 2.65. The minimum Gasteiger partial charge on any atom is -0.289 e. The lowest BCUT2D eigenvalue weighted by Crippen LogP contribution is -2.10. The quantitative estimate of drug-likeness (QED) is 0.433. The van der Waals surface area contributed by atoms with Crippen molar-refractivity contribution in [3.63, 3.8) is 0 Å². The molecule has 1 heteroatoms. The highest BCUT2D eigenvalue weighted by Crippen LogP contribution is 2.36. The molecule has 1 nitrogen and oxygen atoms in total. The van der Waals surface area contributed by atoms with Crippen LogP contribution in [0.15, 0.2) is 54.6 Å². The van der Waals surface area contributed by atoms with E-state index in [9.17, 15) is 4.79 Å². The molecule has 0 fully saturated rings. The van der Waals surface area contributed by atoms with Gasteiger partial charge in [-0.2, -0.15) is 0 Å². The zero-order valence-electron chi connectivity index (χ0n) is 17.3. The molecule has 3 rings (SSSR count). The van der Waals surface area contributed by atoms with Crippen LogP contribution in [0.2, 0.25) is 0 Å². The highest BCUT2D eigenvalue weighted by Gasteiger charge is 2.22. The van der Waals surface area contributed by atoms with Gasteiger partial charge in [-0.3, -0.25) is 4.79 Å². The summed E-state index contributed by atoms with van der Waals surface area (Å²) in [4.78, 5) is 13.5. The lowest BCUT2D eigenvalue weighted by Gasteiger charge is -2.21. The molecule has 0 amide bonds. The number of hydrogen-bond donors (Lipinski definition) is 0. The molecule has 0 radical (unpaired) electrons. The molecule has 0 aliphatic carbocycles. The Hall–Kier alpha value is -2.41. The van der Waals surface area contributed by atoms with E-state index in [0.29, 0.717) is 17.8 Å². The van der Waals surface area contributed by atoms with E-state index in [-0.39, 0.29) is 5.78 Å². The molecular formula is C26H30O. The highest BCUT2D eigenvalue weighted by molar-refractivity contribution is 6.18. The van der Waals surface area contributed by atoms with Gasteiger partial charge in [0.15, 0.2) is 5.78 Å². The topological polar surface area (TPSA) is 17.1 Å². The first kappa shape index (κ1) is 19.4. The molecule has 3 aromatic carbocycles. The van der Waals surface area contributed by atoms with E-state index in [2.05, 4.69) is 65.8 Å². The smallest absolute Gasteiger partial charge is 0.193 e. The summed E-state index contributed by atoms with van der Waals surface area (Å²) in [6.07, 6.45) is 0. The Morgan fingerprint density at radius 3 is 1.85 bits per heavy atom. The maximum absolute atomic E-state index is 13.5. The summed E-state index contributed by atoms with van der Waals surface area (Å²) in [6.45, 7) is 13.3. The minimum absolute atomic E-state index is 0.122. The summed E-state index contributed by atoms with van der Waals surface area (Å²) in [7, 11) is 0. The predicted octanol–water partition coefficient (Wildman–Crippen LogP) is 7.44. The molecular weight excluding hydrogens is 328 g/mol. The van der Waals surface area contributed by atoms with Crippen LogP contribution in [0.3, 0.4) is 0 Å². The van der Waals surface area contributed by atoms with E-state index in [1.54, 1.807) is 0 Å². The SMILES string of the molecule is CC(C)c1ccc2c(C(=O)c3ccccc3)c(C(C)C)cc(C(C)C)c2c1. The monoisotopic (exact) mass is 358 g/mol. The normalized spacial score (nSPS) is 11.7. The zero-order valence-corrected chi connectivity index (χ0v) is 17.3. The largest absolute Gasteiger partial charge is 0.289 e. The zero-order chi connectivity index (χ0) is 19.7. The second-order valence-electron chi connectivity index (χ2n) is 8.39. The lowest BCUT2D eigenvalue weighted by atomic mass is 9.82. The molecule has 140 valence electrons. The van der Waals surface area contributed by atoms with Gasteiger partial charge < -0.3 is 0 Å². The van der Waals surface area contributed by atoms with E-state index < -0.39 is 0 Å². The summed E-state index contributed by atoms with van der Waals surface area (Å²) in [6, 6.07) is 18.6. The minimum atomic E-state index is 0.122. The van der Waals surface area contributed by atoms with Crippen molar-refractivity contribution in [2.75, 3.05) is 0 Å². The molecule has 0 aliphatic rings. The van der Waals surface area contributed by atoms with Crippen molar-refractivity contribution in [3.8, 4) is 0 Å². The average molecular weight is 359 g/mol. The van der Waals surface area contributed by atoms with Crippen LogP contribution in [-0.4, -0.2) is 5.78 Å². The molecule has 0 atom stereocenters. The van der Waals surface area contributed by atoms with Crippen molar-refractivity contribution >= 4 is 16.6 Å². The second-order valence-corrected chi connectivity index (χ2v) is 8.39. The van der Waals surface area contributed by atoms with Gasteiger partial charge in [0.1, 0.15) is 0 Å². The Bertz CT molecular complexity index is 962. The van der Waals surface area contributed by atoms with Crippen LogP contribution in [-0.2, 0) is 0 Å². The number of ketones is 1. The van der Waals surface area contributed by atoms with Crippen LogP contribution in [0.25, 0.3) is 10.8 Å². The second kappa shape index (κ2) is 7.68. The van der Waals surface area contributed by atoms with Gasteiger partial charge in [0.05, 0.1) is 0 Å². The Kier molecular flexibility index (Phi) is 5.51. The molecule has 0 unspecified atom stereocenters. The Balaban J connectivity index is 2.38. The Morgan fingerprint density at radius 1 is 0.667 bits per heavy atom. The van der Waals surface area contributed by atoms with Crippen LogP contribution in [0.4, 0.5) is 0 Å². The fraction of sp³-hybridized carbons (Fsp3) is 0.346. The van der Waals surface area contributed by atoms with Gasteiger partial charge in [0.25, 0.3) is 0 Å². The third-order valence-electron chi connectivity index (χ3n) is 5.40. The molecule has 0 spiro atoms. The Morgan fingerprint density at radius 2 is 1.30 bits per heavy atom. The van der Waals surface area contributed by atoms with E-state index in [1.807, 2.05) is 30.3 Å². The molecule has 0 saturated heterocycles. The van der Waals surface area contributed by atoms with Crippen LogP contribution in [0.5, 0.6) is 0 Å². The summed E-state index contributed by atoms with van der Waals surface area (Å²) < 4.78 is 0. The van der Waals surface area contributed by atoms with E-state index in [1.165, 1.54) is 16.5 Å². The maximum atomic E-state index is 13.5. The van der Waals surface area contributed by atoms with Gasteiger partial charge in [0, 0.05) is 11.1 Å². The first-order valence-electron chi connectivity index (χ1n) is 10.0. The van der Waals surface area contributed by atoms with Crippen LogP contribution >= 0.6 is 0 Å². The van der Waals surface area contributed by atoms with Gasteiger partial charge in [-0.05, 0) is 45.2 Å². The van der Waals surface area contributed by atoms with Crippen molar-refractivity contribution < 1.29 is 4.79 Å². The number of hydrogen-bond acceptors (Lipinski definition) is 1. The summed E-state index contributed by atoms with van der Waals surface area (Å²) in [5.41, 5.74) is 5.43. The number of carbonyl (C=O) groups is 1. The first-order valence-corrected chi connectivity index (χ1v) is 10.0. The molecule has 0 aliphatic heterocycles. The molecule has 0 aromatic heterocycles. The molecule has 0 saturated carbocycles. The van der Waals surface area contributed by atoms with Crippen molar-refractivity contribution in [1.82, 2.24) is 0 Å². The van der Waals surface area contributed by atoms with E-state index in [4.69, 9.17) is 0 Å². The maximum Gasteiger partial charge on any atom is 0.193 e. The fourth-order valence-corrected chi connectivity index (χ4v) is 3.77. The molecule has 0 N–H and O–H groups in total. The predicted molar refractivity (Wildman–Crippen MR) is 116 cm³/mol. The third kappa shape index (κ3) is 3.69. The molecule has 3 aromatic rings. The fourth-order valence-electron chi connectivity index (χ4n) is 3.77. The molecule has 27 heavy (non-hydrogen) atoms. The molecule has 0 heterocycles.